The largest absolute Gasteiger partial charge is 0.496 e. The third-order valence-corrected chi connectivity index (χ3v) is 6.02. The third kappa shape index (κ3) is 4.68. The Morgan fingerprint density at radius 1 is 0.963 bits per heavy atom. The lowest BCUT2D eigenvalue weighted by Gasteiger charge is -2.48. The van der Waals surface area contributed by atoms with Crippen molar-refractivity contribution in [1.82, 2.24) is 10.2 Å². The van der Waals surface area contributed by atoms with Crippen molar-refractivity contribution in [3.63, 3.8) is 0 Å². The number of hydrogen-bond acceptors (Lipinski definition) is 6. The van der Waals surface area contributed by atoms with E-state index in [0.717, 1.165) is 55.4 Å². The van der Waals surface area contributed by atoms with Gasteiger partial charge in [0.05, 0.1) is 26.9 Å². The number of likely N-dealkylation sites (tertiary alicyclic amines) is 1. The zero-order valence-electron chi connectivity index (χ0n) is 17.0. The van der Waals surface area contributed by atoms with Crippen molar-refractivity contribution in [2.75, 3.05) is 54.2 Å². The lowest BCUT2D eigenvalue weighted by molar-refractivity contribution is -0.0358. The van der Waals surface area contributed by atoms with Gasteiger partial charge >= 0.3 is 0 Å². The number of rotatable bonds is 8. The molecule has 152 valence electrons. The van der Waals surface area contributed by atoms with E-state index < -0.39 is 0 Å². The van der Waals surface area contributed by atoms with Crippen LogP contribution in [-0.2, 0) is 11.3 Å². The number of nitrogens with zero attached hydrogens (tertiary/aromatic N) is 1. The van der Waals surface area contributed by atoms with Gasteiger partial charge in [-0.2, -0.15) is 0 Å². The van der Waals surface area contributed by atoms with Crippen LogP contribution in [0.2, 0.25) is 0 Å². The summed E-state index contributed by atoms with van der Waals surface area (Å²) in [4.78, 5) is 2.70. The SMILES string of the molecule is COc1cc(OC)c(CNCC2(N3CCCCC3)CCOCC2)c(OC)c1. The summed E-state index contributed by atoms with van der Waals surface area (Å²) in [5, 5.41) is 3.70. The molecule has 6 heteroatoms. The van der Waals surface area contributed by atoms with Crippen molar-refractivity contribution >= 4 is 0 Å². The molecule has 0 amide bonds. The Labute approximate surface area is 163 Å². The highest BCUT2D eigenvalue weighted by atomic mass is 16.5. The fraction of sp³-hybridized carbons (Fsp3) is 0.714. The molecule has 1 aromatic carbocycles. The van der Waals surface area contributed by atoms with Crippen molar-refractivity contribution in [3.8, 4) is 17.2 Å². The van der Waals surface area contributed by atoms with Crippen molar-refractivity contribution < 1.29 is 18.9 Å². The number of piperidine rings is 1. The predicted molar refractivity (Wildman–Crippen MR) is 106 cm³/mol. The summed E-state index contributed by atoms with van der Waals surface area (Å²) in [6.45, 7) is 5.77. The van der Waals surface area contributed by atoms with Gasteiger partial charge in [0, 0.05) is 44.0 Å². The van der Waals surface area contributed by atoms with Crippen LogP contribution in [0.4, 0.5) is 0 Å². The number of ether oxygens (including phenoxy) is 4. The fourth-order valence-electron chi connectivity index (χ4n) is 4.40. The van der Waals surface area contributed by atoms with Crippen LogP contribution >= 0.6 is 0 Å². The minimum absolute atomic E-state index is 0.200. The summed E-state index contributed by atoms with van der Waals surface area (Å²) in [6.07, 6.45) is 6.16. The van der Waals surface area contributed by atoms with Crippen LogP contribution in [0.3, 0.4) is 0 Å². The lowest BCUT2D eigenvalue weighted by Crippen LogP contribution is -2.59. The quantitative estimate of drug-likeness (QED) is 0.751. The molecule has 2 saturated heterocycles. The average molecular weight is 379 g/mol. The highest BCUT2D eigenvalue weighted by Gasteiger charge is 2.38. The second kappa shape index (κ2) is 9.62. The van der Waals surface area contributed by atoms with Crippen LogP contribution in [-0.4, -0.2) is 64.6 Å². The van der Waals surface area contributed by atoms with Crippen LogP contribution in [0.5, 0.6) is 17.2 Å². The average Bonchev–Trinajstić information content (AvgIpc) is 2.74. The molecule has 27 heavy (non-hydrogen) atoms. The van der Waals surface area contributed by atoms with E-state index in [9.17, 15) is 0 Å². The minimum Gasteiger partial charge on any atom is -0.496 e. The van der Waals surface area contributed by atoms with Crippen LogP contribution in [0.25, 0.3) is 0 Å². The maximum Gasteiger partial charge on any atom is 0.130 e. The van der Waals surface area contributed by atoms with Gasteiger partial charge in [0.2, 0.25) is 0 Å². The summed E-state index contributed by atoms with van der Waals surface area (Å²) >= 11 is 0. The molecule has 2 heterocycles. The van der Waals surface area contributed by atoms with E-state index in [2.05, 4.69) is 10.2 Å². The summed E-state index contributed by atoms with van der Waals surface area (Å²) in [6, 6.07) is 3.82. The highest BCUT2D eigenvalue weighted by Crippen LogP contribution is 2.35. The van der Waals surface area contributed by atoms with Gasteiger partial charge in [-0.25, -0.2) is 0 Å². The molecule has 0 spiro atoms. The first-order valence-electron chi connectivity index (χ1n) is 10.0. The monoisotopic (exact) mass is 378 g/mol. The molecule has 6 nitrogen and oxygen atoms in total. The molecule has 1 aromatic rings. The molecule has 0 aliphatic carbocycles. The second-order valence-electron chi connectivity index (χ2n) is 7.50. The molecule has 0 atom stereocenters. The maximum absolute atomic E-state index is 5.67. The van der Waals surface area contributed by atoms with E-state index in [1.807, 2.05) is 12.1 Å². The van der Waals surface area contributed by atoms with Crippen molar-refractivity contribution in [3.05, 3.63) is 17.7 Å². The zero-order chi connectivity index (χ0) is 19.1. The van der Waals surface area contributed by atoms with Crippen molar-refractivity contribution in [2.45, 2.75) is 44.2 Å². The Bertz CT molecular complexity index is 571. The van der Waals surface area contributed by atoms with Gasteiger partial charge in [-0.1, -0.05) is 6.42 Å². The van der Waals surface area contributed by atoms with E-state index in [1.165, 1.54) is 32.4 Å². The number of methoxy groups -OCH3 is 3. The molecule has 1 N–H and O–H groups in total. The third-order valence-electron chi connectivity index (χ3n) is 6.02. The molecule has 2 fully saturated rings. The standard InChI is InChI=1S/C21H34N2O4/c1-24-17-13-19(25-2)18(20(14-17)26-3)15-22-16-21(7-11-27-12-8-21)23-9-5-4-6-10-23/h13-14,22H,4-12,15-16H2,1-3H3. The summed E-state index contributed by atoms with van der Waals surface area (Å²) in [5.74, 6) is 2.32. The van der Waals surface area contributed by atoms with Crippen molar-refractivity contribution in [2.24, 2.45) is 0 Å². The molecule has 3 rings (SSSR count). The Hall–Kier alpha value is -1.50. The number of hydrogen-bond donors (Lipinski definition) is 1. The van der Waals surface area contributed by atoms with Gasteiger partial charge in [-0.3, -0.25) is 4.90 Å². The van der Waals surface area contributed by atoms with E-state index >= 15 is 0 Å². The Morgan fingerprint density at radius 3 is 2.15 bits per heavy atom. The van der Waals surface area contributed by atoms with E-state index in [4.69, 9.17) is 18.9 Å². The minimum atomic E-state index is 0.200. The molecule has 0 radical (unpaired) electrons. The van der Waals surface area contributed by atoms with Gasteiger partial charge in [0.1, 0.15) is 17.2 Å². The van der Waals surface area contributed by atoms with Gasteiger partial charge in [0.25, 0.3) is 0 Å². The molecular weight excluding hydrogens is 344 g/mol. The molecule has 0 unspecified atom stereocenters. The molecular formula is C21H34N2O4. The van der Waals surface area contributed by atoms with Crippen LogP contribution in [0.15, 0.2) is 12.1 Å². The van der Waals surface area contributed by atoms with E-state index in [-0.39, 0.29) is 5.54 Å². The smallest absolute Gasteiger partial charge is 0.130 e. The summed E-state index contributed by atoms with van der Waals surface area (Å²) < 4.78 is 22.2. The number of benzene rings is 1. The van der Waals surface area contributed by atoms with Crippen LogP contribution in [0, 0.1) is 0 Å². The van der Waals surface area contributed by atoms with Gasteiger partial charge < -0.3 is 24.3 Å². The summed E-state index contributed by atoms with van der Waals surface area (Å²) in [5.41, 5.74) is 1.23. The van der Waals surface area contributed by atoms with Gasteiger partial charge in [-0.05, 0) is 38.8 Å². The normalized spacial score (nSPS) is 20.3. The highest BCUT2D eigenvalue weighted by molar-refractivity contribution is 5.50. The van der Waals surface area contributed by atoms with Gasteiger partial charge in [-0.15, -0.1) is 0 Å². The van der Waals surface area contributed by atoms with Crippen LogP contribution in [0.1, 0.15) is 37.7 Å². The maximum atomic E-state index is 5.67. The van der Waals surface area contributed by atoms with E-state index in [1.54, 1.807) is 21.3 Å². The first-order chi connectivity index (χ1) is 13.2. The predicted octanol–water partition coefficient (Wildman–Crippen LogP) is 2.84. The van der Waals surface area contributed by atoms with Gasteiger partial charge in [0.15, 0.2) is 0 Å². The zero-order valence-corrected chi connectivity index (χ0v) is 17.0. The van der Waals surface area contributed by atoms with Crippen molar-refractivity contribution in [1.29, 1.82) is 0 Å². The molecule has 2 aliphatic heterocycles. The molecule has 0 bridgehead atoms. The first kappa shape index (κ1) is 20.2. The first-order valence-corrected chi connectivity index (χ1v) is 10.0. The van der Waals surface area contributed by atoms with Crippen LogP contribution < -0.4 is 19.5 Å². The Kier molecular flexibility index (Phi) is 7.21. The molecule has 2 aliphatic rings. The lowest BCUT2D eigenvalue weighted by atomic mass is 9.86. The Morgan fingerprint density at radius 2 is 1.59 bits per heavy atom. The summed E-state index contributed by atoms with van der Waals surface area (Å²) in [7, 11) is 5.02. The molecule has 0 saturated carbocycles. The number of nitrogens with one attached hydrogen (secondary N) is 1. The second-order valence-corrected chi connectivity index (χ2v) is 7.50. The Balaban J connectivity index is 1.71. The van der Waals surface area contributed by atoms with E-state index in [0.29, 0.717) is 6.54 Å². The topological polar surface area (TPSA) is 52.2 Å². The molecule has 0 aromatic heterocycles. The fourth-order valence-corrected chi connectivity index (χ4v) is 4.40.